The Hall–Kier alpha value is -0.860. The predicted molar refractivity (Wildman–Crippen MR) is 80.4 cm³/mol. The van der Waals surface area contributed by atoms with Crippen LogP contribution in [-0.2, 0) is 9.59 Å². The summed E-state index contributed by atoms with van der Waals surface area (Å²) in [6, 6.07) is 0. The lowest BCUT2D eigenvalue weighted by atomic mass is 9.81. The minimum atomic E-state index is 0.219. The fourth-order valence-corrected chi connectivity index (χ4v) is 3.70. The summed E-state index contributed by atoms with van der Waals surface area (Å²) in [6.07, 6.45) is 12.7. The molecule has 1 saturated heterocycles. The normalized spacial score (nSPS) is 31.0. The number of Topliss-reactive ketones (excluding diaryl/α,β-unsaturated/α-hetero) is 1. The van der Waals surface area contributed by atoms with E-state index in [1.807, 2.05) is 0 Å². The van der Waals surface area contributed by atoms with Gasteiger partial charge in [-0.25, -0.2) is 0 Å². The van der Waals surface area contributed by atoms with Crippen molar-refractivity contribution in [1.29, 1.82) is 0 Å². The zero-order chi connectivity index (χ0) is 14.2. The van der Waals surface area contributed by atoms with Crippen molar-refractivity contribution in [3.05, 3.63) is 0 Å². The minimum Gasteiger partial charge on any atom is -0.356 e. The second kappa shape index (κ2) is 8.43. The highest BCUT2D eigenvalue weighted by Gasteiger charge is 2.24. The van der Waals surface area contributed by atoms with Gasteiger partial charge in [0.1, 0.15) is 5.78 Å². The van der Waals surface area contributed by atoms with Crippen LogP contribution in [0.3, 0.4) is 0 Å². The monoisotopic (exact) mass is 279 g/mol. The fraction of sp³-hybridized carbons (Fsp3) is 0.882. The summed E-state index contributed by atoms with van der Waals surface area (Å²) in [4.78, 5) is 23.5. The van der Waals surface area contributed by atoms with Crippen LogP contribution in [0.25, 0.3) is 0 Å². The highest BCUT2D eigenvalue weighted by molar-refractivity contribution is 5.78. The summed E-state index contributed by atoms with van der Waals surface area (Å²) in [5, 5.41) is 3.11. The largest absolute Gasteiger partial charge is 0.356 e. The van der Waals surface area contributed by atoms with E-state index in [2.05, 4.69) is 5.32 Å². The Morgan fingerprint density at radius 1 is 0.700 bits per heavy atom. The molecule has 0 spiro atoms. The van der Waals surface area contributed by atoms with E-state index in [4.69, 9.17) is 0 Å². The molecule has 2 rings (SSSR count). The maximum atomic E-state index is 11.8. The molecule has 2 atom stereocenters. The second-order valence-electron chi connectivity index (χ2n) is 6.60. The summed E-state index contributed by atoms with van der Waals surface area (Å²) >= 11 is 0. The van der Waals surface area contributed by atoms with Gasteiger partial charge in [0.2, 0.25) is 5.91 Å². The molecule has 1 saturated carbocycles. The van der Waals surface area contributed by atoms with E-state index in [1.54, 1.807) is 0 Å². The Morgan fingerprint density at radius 2 is 1.40 bits per heavy atom. The summed E-state index contributed by atoms with van der Waals surface area (Å²) in [5.74, 6) is 1.89. The van der Waals surface area contributed by atoms with Gasteiger partial charge >= 0.3 is 0 Å². The summed E-state index contributed by atoms with van der Waals surface area (Å²) in [5.41, 5.74) is 0. The molecule has 0 radical (unpaired) electrons. The van der Waals surface area contributed by atoms with Gasteiger partial charge in [0.15, 0.2) is 0 Å². The van der Waals surface area contributed by atoms with E-state index in [0.717, 1.165) is 38.6 Å². The number of carbonyl (C=O) groups excluding carboxylic acids is 2. The summed E-state index contributed by atoms with van der Waals surface area (Å²) in [7, 11) is 0. The lowest BCUT2D eigenvalue weighted by Crippen LogP contribution is -2.32. The molecular weight excluding hydrogens is 250 g/mol. The molecule has 0 aromatic rings. The number of rotatable bonds is 1. The molecule has 1 N–H and O–H groups in total. The van der Waals surface area contributed by atoms with Gasteiger partial charge in [-0.05, 0) is 37.5 Å². The third-order valence-corrected chi connectivity index (χ3v) is 5.03. The summed E-state index contributed by atoms with van der Waals surface area (Å²) < 4.78 is 0. The molecule has 2 fully saturated rings. The first kappa shape index (κ1) is 15.5. The molecule has 2 aliphatic rings. The molecule has 0 bridgehead atoms. The Labute approximate surface area is 122 Å². The van der Waals surface area contributed by atoms with E-state index in [-0.39, 0.29) is 5.91 Å². The van der Waals surface area contributed by atoms with Crippen LogP contribution in [-0.4, -0.2) is 18.2 Å². The zero-order valence-corrected chi connectivity index (χ0v) is 12.7. The Morgan fingerprint density at radius 3 is 2.20 bits per heavy atom. The second-order valence-corrected chi connectivity index (χ2v) is 6.60. The molecule has 114 valence electrons. The molecule has 2 unspecified atom stereocenters. The molecule has 0 aromatic heterocycles. The van der Waals surface area contributed by atoms with Crippen molar-refractivity contribution in [1.82, 2.24) is 5.32 Å². The molecule has 1 amide bonds. The van der Waals surface area contributed by atoms with Gasteiger partial charge < -0.3 is 5.32 Å². The number of hydrogen-bond donors (Lipinski definition) is 1. The van der Waals surface area contributed by atoms with Crippen LogP contribution in [0.2, 0.25) is 0 Å². The zero-order valence-electron chi connectivity index (χ0n) is 12.7. The topological polar surface area (TPSA) is 46.2 Å². The minimum absolute atomic E-state index is 0.219. The van der Waals surface area contributed by atoms with Crippen molar-refractivity contribution in [2.75, 3.05) is 6.54 Å². The molecule has 3 heteroatoms. The van der Waals surface area contributed by atoms with Crippen molar-refractivity contribution in [2.24, 2.45) is 11.8 Å². The van der Waals surface area contributed by atoms with Gasteiger partial charge in [0.25, 0.3) is 0 Å². The first-order valence-corrected chi connectivity index (χ1v) is 8.54. The maximum absolute atomic E-state index is 11.8. The van der Waals surface area contributed by atoms with Gasteiger partial charge in [-0.3, -0.25) is 9.59 Å². The number of ketones is 1. The quantitative estimate of drug-likeness (QED) is 0.797. The van der Waals surface area contributed by atoms with Crippen LogP contribution in [0.5, 0.6) is 0 Å². The number of nitrogens with one attached hydrogen (secondary N) is 1. The molecular formula is C17H29NO2. The van der Waals surface area contributed by atoms with Crippen LogP contribution in [0, 0.1) is 11.8 Å². The van der Waals surface area contributed by atoms with Crippen LogP contribution in [0.15, 0.2) is 0 Å². The lowest BCUT2D eigenvalue weighted by molar-refractivity contribution is -0.121. The van der Waals surface area contributed by atoms with E-state index in [1.165, 1.54) is 38.5 Å². The number of carbonyl (C=O) groups is 2. The smallest absolute Gasteiger partial charge is 0.220 e. The predicted octanol–water partition coefficient (Wildman–Crippen LogP) is 3.61. The standard InChI is InChI=1S/C17H29NO2/c19-16-9-5-1-3-7-14(11-12-16)15-8-4-2-6-10-17(20)18-13-15/h14-15H,1-13H2,(H,18,20). The summed E-state index contributed by atoms with van der Waals surface area (Å²) in [6.45, 7) is 0.831. The Balaban J connectivity index is 1.93. The molecule has 3 nitrogen and oxygen atoms in total. The first-order chi connectivity index (χ1) is 9.75. The Bertz CT molecular complexity index is 295. The number of amides is 1. The molecule has 0 aromatic carbocycles. The van der Waals surface area contributed by atoms with Crippen LogP contribution in [0.4, 0.5) is 0 Å². The number of hydrogen-bond acceptors (Lipinski definition) is 2. The van der Waals surface area contributed by atoms with Gasteiger partial charge in [0, 0.05) is 25.8 Å². The molecule has 20 heavy (non-hydrogen) atoms. The first-order valence-electron chi connectivity index (χ1n) is 8.54. The average molecular weight is 279 g/mol. The maximum Gasteiger partial charge on any atom is 0.220 e. The lowest BCUT2D eigenvalue weighted by Gasteiger charge is -2.27. The van der Waals surface area contributed by atoms with Gasteiger partial charge in [-0.2, -0.15) is 0 Å². The highest BCUT2D eigenvalue weighted by atomic mass is 16.1. The highest BCUT2D eigenvalue weighted by Crippen LogP contribution is 2.30. The SMILES string of the molecule is O=C1CCCCCC(C2CCCCCC(=O)NC2)CC1. The van der Waals surface area contributed by atoms with Gasteiger partial charge in [-0.15, -0.1) is 0 Å². The fourth-order valence-electron chi connectivity index (χ4n) is 3.70. The van der Waals surface area contributed by atoms with E-state index in [9.17, 15) is 9.59 Å². The third-order valence-electron chi connectivity index (χ3n) is 5.03. The van der Waals surface area contributed by atoms with Gasteiger partial charge in [0.05, 0.1) is 0 Å². The van der Waals surface area contributed by atoms with Crippen LogP contribution >= 0.6 is 0 Å². The van der Waals surface area contributed by atoms with Crippen LogP contribution in [0.1, 0.15) is 77.0 Å². The van der Waals surface area contributed by atoms with Gasteiger partial charge in [-0.1, -0.05) is 32.1 Å². The van der Waals surface area contributed by atoms with Crippen LogP contribution < -0.4 is 5.32 Å². The molecule has 1 aliphatic heterocycles. The van der Waals surface area contributed by atoms with Crippen molar-refractivity contribution in [3.8, 4) is 0 Å². The van der Waals surface area contributed by atoms with E-state index in [0.29, 0.717) is 24.0 Å². The van der Waals surface area contributed by atoms with Crippen molar-refractivity contribution >= 4 is 11.7 Å². The van der Waals surface area contributed by atoms with E-state index >= 15 is 0 Å². The average Bonchev–Trinajstić information content (AvgIpc) is 2.60. The van der Waals surface area contributed by atoms with Crippen molar-refractivity contribution in [2.45, 2.75) is 77.0 Å². The molecule has 1 aliphatic carbocycles. The third kappa shape index (κ3) is 5.26. The van der Waals surface area contributed by atoms with E-state index < -0.39 is 0 Å². The van der Waals surface area contributed by atoms with Crippen molar-refractivity contribution in [3.63, 3.8) is 0 Å². The Kier molecular flexibility index (Phi) is 6.55. The molecule has 1 heterocycles. The van der Waals surface area contributed by atoms with Crippen molar-refractivity contribution < 1.29 is 9.59 Å².